The monoisotopic (exact) mass is 214 g/mol. The van der Waals surface area contributed by atoms with Crippen LogP contribution in [0.25, 0.3) is 0 Å². The van der Waals surface area contributed by atoms with E-state index in [2.05, 4.69) is 6.92 Å². The molecule has 0 aromatic heterocycles. The predicted octanol–water partition coefficient (Wildman–Crippen LogP) is 2.51. The van der Waals surface area contributed by atoms with Crippen LogP contribution < -0.4 is 0 Å². The molecule has 0 amide bonds. The second-order valence-electron chi connectivity index (χ2n) is 4.13. The lowest BCUT2D eigenvalue weighted by atomic mass is 10.2. The molecule has 1 heterocycles. The summed E-state index contributed by atoms with van der Waals surface area (Å²) in [6, 6.07) is 0. The van der Waals surface area contributed by atoms with Crippen LogP contribution in [0.5, 0.6) is 0 Å². The van der Waals surface area contributed by atoms with Gasteiger partial charge in [-0.05, 0) is 33.3 Å². The highest BCUT2D eigenvalue weighted by molar-refractivity contribution is 5.03. The molecule has 0 bridgehead atoms. The molecule has 1 aliphatic heterocycles. The SMILES string of the molecule is C/C1=C(\C)OCCCOC(C)C(C)OC1. The van der Waals surface area contributed by atoms with E-state index >= 15 is 0 Å². The van der Waals surface area contributed by atoms with Gasteiger partial charge in [0.25, 0.3) is 0 Å². The van der Waals surface area contributed by atoms with Crippen molar-refractivity contribution in [3.63, 3.8) is 0 Å². The Balaban J connectivity index is 2.57. The van der Waals surface area contributed by atoms with Gasteiger partial charge in [0, 0.05) is 6.42 Å². The van der Waals surface area contributed by atoms with Gasteiger partial charge in [0.2, 0.25) is 0 Å². The van der Waals surface area contributed by atoms with Gasteiger partial charge in [0.1, 0.15) is 0 Å². The zero-order valence-corrected chi connectivity index (χ0v) is 10.2. The third kappa shape index (κ3) is 4.22. The fourth-order valence-corrected chi connectivity index (χ4v) is 1.31. The molecule has 0 N–H and O–H groups in total. The Labute approximate surface area is 92.4 Å². The van der Waals surface area contributed by atoms with E-state index in [4.69, 9.17) is 14.2 Å². The highest BCUT2D eigenvalue weighted by Crippen LogP contribution is 2.11. The average molecular weight is 214 g/mol. The molecule has 0 fully saturated rings. The topological polar surface area (TPSA) is 27.7 Å². The molecule has 0 aliphatic carbocycles. The first-order chi connectivity index (χ1) is 7.11. The first-order valence-electron chi connectivity index (χ1n) is 5.63. The minimum Gasteiger partial charge on any atom is -0.498 e. The van der Waals surface area contributed by atoms with Crippen LogP contribution in [0, 0.1) is 0 Å². The Hall–Kier alpha value is -0.540. The molecule has 2 unspecified atom stereocenters. The van der Waals surface area contributed by atoms with E-state index in [1.165, 1.54) is 0 Å². The molecule has 2 atom stereocenters. The summed E-state index contributed by atoms with van der Waals surface area (Å²) in [5, 5.41) is 0. The average Bonchev–Trinajstić information content (AvgIpc) is 2.24. The second kappa shape index (κ2) is 6.13. The van der Waals surface area contributed by atoms with Crippen molar-refractivity contribution in [2.24, 2.45) is 0 Å². The summed E-state index contributed by atoms with van der Waals surface area (Å²) in [5.74, 6) is 0.983. The lowest BCUT2D eigenvalue weighted by Crippen LogP contribution is -2.27. The van der Waals surface area contributed by atoms with Gasteiger partial charge in [-0.15, -0.1) is 0 Å². The van der Waals surface area contributed by atoms with Gasteiger partial charge in [0.05, 0.1) is 37.8 Å². The van der Waals surface area contributed by atoms with Gasteiger partial charge in [-0.3, -0.25) is 0 Å². The van der Waals surface area contributed by atoms with E-state index < -0.39 is 0 Å². The van der Waals surface area contributed by atoms with Crippen LogP contribution in [0.15, 0.2) is 11.3 Å². The zero-order valence-electron chi connectivity index (χ0n) is 10.2. The predicted molar refractivity (Wildman–Crippen MR) is 59.8 cm³/mol. The zero-order chi connectivity index (χ0) is 11.3. The number of allylic oxidation sites excluding steroid dienone is 1. The summed E-state index contributed by atoms with van der Waals surface area (Å²) in [6.45, 7) is 10.2. The molecule has 0 aromatic carbocycles. The summed E-state index contributed by atoms with van der Waals surface area (Å²) in [5.41, 5.74) is 1.16. The number of hydrogen-bond donors (Lipinski definition) is 0. The maximum absolute atomic E-state index is 5.71. The first kappa shape index (κ1) is 12.5. The van der Waals surface area contributed by atoms with Gasteiger partial charge in [-0.1, -0.05) is 0 Å². The van der Waals surface area contributed by atoms with Crippen LogP contribution in [-0.2, 0) is 14.2 Å². The molecular weight excluding hydrogens is 192 g/mol. The Morgan fingerprint density at radius 1 is 1.00 bits per heavy atom. The van der Waals surface area contributed by atoms with E-state index in [-0.39, 0.29) is 12.2 Å². The summed E-state index contributed by atoms with van der Waals surface area (Å²) < 4.78 is 16.9. The quantitative estimate of drug-likeness (QED) is 0.620. The van der Waals surface area contributed by atoms with E-state index in [1.807, 2.05) is 20.8 Å². The lowest BCUT2D eigenvalue weighted by molar-refractivity contribution is -0.0506. The van der Waals surface area contributed by atoms with E-state index in [0.29, 0.717) is 6.61 Å². The number of hydrogen-bond acceptors (Lipinski definition) is 3. The van der Waals surface area contributed by atoms with Crippen molar-refractivity contribution in [3.8, 4) is 0 Å². The van der Waals surface area contributed by atoms with Gasteiger partial charge in [0.15, 0.2) is 0 Å². The van der Waals surface area contributed by atoms with Crippen molar-refractivity contribution in [1.82, 2.24) is 0 Å². The second-order valence-corrected chi connectivity index (χ2v) is 4.13. The van der Waals surface area contributed by atoms with E-state index in [1.54, 1.807) is 0 Å². The fraction of sp³-hybridized carbons (Fsp3) is 0.833. The summed E-state index contributed by atoms with van der Waals surface area (Å²) in [4.78, 5) is 0. The van der Waals surface area contributed by atoms with Crippen molar-refractivity contribution in [3.05, 3.63) is 11.3 Å². The minimum absolute atomic E-state index is 0.130. The molecule has 88 valence electrons. The molecule has 3 nitrogen and oxygen atoms in total. The van der Waals surface area contributed by atoms with Gasteiger partial charge in [-0.25, -0.2) is 0 Å². The Bertz CT molecular complexity index is 223. The normalized spacial score (nSPS) is 35.5. The van der Waals surface area contributed by atoms with Crippen LogP contribution in [0.1, 0.15) is 34.1 Å². The molecule has 0 aromatic rings. The Kier molecular flexibility index (Phi) is 5.12. The fourth-order valence-electron chi connectivity index (χ4n) is 1.31. The largest absolute Gasteiger partial charge is 0.498 e. The van der Waals surface area contributed by atoms with Gasteiger partial charge in [-0.2, -0.15) is 0 Å². The maximum atomic E-state index is 5.71. The molecule has 3 heteroatoms. The molecule has 0 saturated carbocycles. The number of rotatable bonds is 0. The van der Waals surface area contributed by atoms with Gasteiger partial charge >= 0.3 is 0 Å². The highest BCUT2D eigenvalue weighted by atomic mass is 16.5. The molecule has 1 aliphatic rings. The van der Waals surface area contributed by atoms with Crippen LogP contribution in [0.2, 0.25) is 0 Å². The van der Waals surface area contributed by atoms with Crippen LogP contribution in [-0.4, -0.2) is 32.0 Å². The number of ether oxygens (including phenoxy) is 3. The van der Waals surface area contributed by atoms with Crippen molar-refractivity contribution >= 4 is 0 Å². The Morgan fingerprint density at radius 2 is 1.67 bits per heavy atom. The third-order valence-electron chi connectivity index (χ3n) is 2.81. The van der Waals surface area contributed by atoms with Crippen molar-refractivity contribution in [1.29, 1.82) is 0 Å². The third-order valence-corrected chi connectivity index (χ3v) is 2.81. The summed E-state index contributed by atoms with van der Waals surface area (Å²) in [6.07, 6.45) is 1.21. The standard InChI is InChI=1S/C12H22O3/c1-9-8-15-12(4)11(3)14-7-5-6-13-10(9)2/h11-12H,5-8H2,1-4H3/b10-9-. The Morgan fingerprint density at radius 3 is 2.40 bits per heavy atom. The molecule has 0 saturated heterocycles. The van der Waals surface area contributed by atoms with E-state index in [0.717, 1.165) is 31.0 Å². The smallest absolute Gasteiger partial charge is 0.0941 e. The highest BCUT2D eigenvalue weighted by Gasteiger charge is 2.14. The van der Waals surface area contributed by atoms with Crippen molar-refractivity contribution < 1.29 is 14.2 Å². The maximum Gasteiger partial charge on any atom is 0.0941 e. The van der Waals surface area contributed by atoms with Crippen molar-refractivity contribution in [2.45, 2.75) is 46.3 Å². The van der Waals surface area contributed by atoms with Crippen LogP contribution in [0.3, 0.4) is 0 Å². The summed E-state index contributed by atoms with van der Waals surface area (Å²) in [7, 11) is 0. The van der Waals surface area contributed by atoms with Crippen molar-refractivity contribution in [2.75, 3.05) is 19.8 Å². The van der Waals surface area contributed by atoms with Crippen LogP contribution in [0.4, 0.5) is 0 Å². The van der Waals surface area contributed by atoms with Gasteiger partial charge < -0.3 is 14.2 Å². The van der Waals surface area contributed by atoms with E-state index in [9.17, 15) is 0 Å². The molecule has 0 spiro atoms. The lowest BCUT2D eigenvalue weighted by Gasteiger charge is -2.20. The molecular formula is C12H22O3. The molecule has 15 heavy (non-hydrogen) atoms. The van der Waals surface area contributed by atoms with Crippen LogP contribution >= 0.6 is 0 Å². The summed E-state index contributed by atoms with van der Waals surface area (Å²) >= 11 is 0. The first-order valence-corrected chi connectivity index (χ1v) is 5.63. The molecule has 1 rings (SSSR count). The minimum atomic E-state index is 0.130. The molecule has 0 radical (unpaired) electrons.